The molecule has 41 heavy (non-hydrogen) atoms. The molecule has 0 aliphatic carbocycles. The third kappa shape index (κ3) is 7.39. The number of hydrogen-bond donors (Lipinski definition) is 2. The first kappa shape index (κ1) is 29.1. The molecule has 0 saturated carbocycles. The van der Waals surface area contributed by atoms with Gasteiger partial charge in [0, 0.05) is 0 Å². The predicted octanol–water partition coefficient (Wildman–Crippen LogP) is 5.78. The highest BCUT2D eigenvalue weighted by atomic mass is 19.1. The van der Waals surface area contributed by atoms with Gasteiger partial charge in [-0.15, -0.1) is 4.80 Å². The Hall–Kier alpha value is -4.92. The number of carbonyl (C=O) groups excluding carboxylic acids is 1. The molecule has 0 bridgehead atoms. The van der Waals surface area contributed by atoms with Gasteiger partial charge >= 0.3 is 5.97 Å². The molecule has 0 fully saturated rings. The number of nitrogens with one attached hydrogen (secondary N) is 2. The van der Waals surface area contributed by atoms with Crippen molar-refractivity contribution in [1.82, 2.24) is 25.0 Å². The van der Waals surface area contributed by atoms with Crippen molar-refractivity contribution in [2.45, 2.75) is 52.7 Å². The van der Waals surface area contributed by atoms with E-state index in [-0.39, 0.29) is 23.6 Å². The van der Waals surface area contributed by atoms with E-state index in [1.54, 1.807) is 52.9 Å². The Morgan fingerprint density at radius 3 is 2.54 bits per heavy atom. The number of aromatic nitrogens is 5. The van der Waals surface area contributed by atoms with Crippen LogP contribution in [0.2, 0.25) is 0 Å². The Bertz CT molecular complexity index is 1580. The highest BCUT2D eigenvalue weighted by Gasteiger charge is 2.27. The lowest BCUT2D eigenvalue weighted by molar-refractivity contribution is -0.155. The number of aryl methyl sites for hydroxylation is 1. The highest BCUT2D eigenvalue weighted by Crippen LogP contribution is 2.32. The normalized spacial score (nSPS) is 12.7. The lowest BCUT2D eigenvalue weighted by atomic mass is 9.91. The van der Waals surface area contributed by atoms with Crippen molar-refractivity contribution >= 4 is 23.3 Å². The van der Waals surface area contributed by atoms with Gasteiger partial charge in [0.25, 0.3) is 0 Å². The molecule has 0 saturated heterocycles. The van der Waals surface area contributed by atoms with Crippen LogP contribution in [0.15, 0.2) is 55.0 Å². The maximum atomic E-state index is 15.3. The largest absolute Gasteiger partial charge is 0.460 e. The van der Waals surface area contributed by atoms with Gasteiger partial charge < -0.3 is 15.4 Å². The maximum absolute atomic E-state index is 15.3. The van der Waals surface area contributed by atoms with E-state index in [9.17, 15) is 14.4 Å². The van der Waals surface area contributed by atoms with E-state index in [4.69, 9.17) is 4.74 Å². The number of rotatable bonds is 9. The quantitative estimate of drug-likeness (QED) is 0.245. The smallest absolute Gasteiger partial charge is 0.306 e. The maximum Gasteiger partial charge on any atom is 0.306 e. The van der Waals surface area contributed by atoms with Gasteiger partial charge in [-0.05, 0) is 63.4 Å². The standard InChI is InChI=1S/C29H30F2N8O2/c1-17(11-25(40)41-29(3,4)5)26(19-7-6-8-21(30)12-19)37-28-23(31)13-20(15-32)27(38-28)36-22-14-24(18(2)33-16-22)39-34-9-10-35-39/h6-10,12-14,16-17,26H,11H2,1-5H3,(H2,36,37,38)/t17-,26+/m1/s1. The summed E-state index contributed by atoms with van der Waals surface area (Å²) in [6, 6.07) is 9.82. The van der Waals surface area contributed by atoms with Crippen molar-refractivity contribution < 1.29 is 18.3 Å². The molecular formula is C29H30F2N8O2. The van der Waals surface area contributed by atoms with E-state index in [1.165, 1.54) is 35.4 Å². The summed E-state index contributed by atoms with van der Waals surface area (Å²) >= 11 is 0. The van der Waals surface area contributed by atoms with Crippen molar-refractivity contribution in [2.24, 2.45) is 5.92 Å². The summed E-state index contributed by atoms with van der Waals surface area (Å²) in [6.45, 7) is 8.87. The molecule has 4 aromatic rings. The number of esters is 1. The van der Waals surface area contributed by atoms with Crippen molar-refractivity contribution in [2.75, 3.05) is 10.6 Å². The van der Waals surface area contributed by atoms with Crippen LogP contribution in [0, 0.1) is 35.8 Å². The van der Waals surface area contributed by atoms with Crippen molar-refractivity contribution in [3.63, 3.8) is 0 Å². The van der Waals surface area contributed by atoms with Crippen LogP contribution in [-0.4, -0.2) is 36.5 Å². The molecule has 3 aromatic heterocycles. The fourth-order valence-electron chi connectivity index (χ4n) is 4.21. The van der Waals surface area contributed by atoms with Crippen molar-refractivity contribution in [1.29, 1.82) is 5.26 Å². The van der Waals surface area contributed by atoms with Gasteiger partial charge in [0.05, 0.1) is 48.0 Å². The highest BCUT2D eigenvalue weighted by molar-refractivity contribution is 5.70. The Morgan fingerprint density at radius 1 is 1.15 bits per heavy atom. The minimum Gasteiger partial charge on any atom is -0.460 e. The molecule has 1 aromatic carbocycles. The number of nitrogens with zero attached hydrogens (tertiary/aromatic N) is 6. The minimum atomic E-state index is -0.790. The van der Waals surface area contributed by atoms with Crippen LogP contribution in [0.1, 0.15) is 57.0 Å². The van der Waals surface area contributed by atoms with Gasteiger partial charge in [-0.2, -0.15) is 15.5 Å². The average Bonchev–Trinajstić information content (AvgIpc) is 3.43. The second-order valence-electron chi connectivity index (χ2n) is 10.5. The summed E-state index contributed by atoms with van der Waals surface area (Å²) in [5, 5.41) is 24.0. The number of pyridine rings is 2. The monoisotopic (exact) mass is 560 g/mol. The van der Waals surface area contributed by atoms with Crippen LogP contribution in [0.5, 0.6) is 0 Å². The van der Waals surface area contributed by atoms with Crippen molar-refractivity contribution in [3.8, 4) is 11.8 Å². The van der Waals surface area contributed by atoms with Gasteiger partial charge in [-0.3, -0.25) is 9.78 Å². The fraction of sp³-hybridized carbons (Fsp3) is 0.310. The van der Waals surface area contributed by atoms with E-state index >= 15 is 4.39 Å². The lowest BCUT2D eigenvalue weighted by Gasteiger charge is -2.28. The lowest BCUT2D eigenvalue weighted by Crippen LogP contribution is -2.28. The van der Waals surface area contributed by atoms with E-state index in [1.807, 2.05) is 6.07 Å². The van der Waals surface area contributed by atoms with Gasteiger partial charge in [0.2, 0.25) is 0 Å². The molecule has 0 unspecified atom stereocenters. The van der Waals surface area contributed by atoms with E-state index < -0.39 is 35.2 Å². The molecule has 212 valence electrons. The van der Waals surface area contributed by atoms with Crippen LogP contribution in [0.25, 0.3) is 5.69 Å². The van der Waals surface area contributed by atoms with Crippen LogP contribution in [-0.2, 0) is 9.53 Å². The van der Waals surface area contributed by atoms with Crippen molar-refractivity contribution in [3.05, 3.63) is 83.4 Å². The molecule has 2 atom stereocenters. The van der Waals surface area contributed by atoms with Crippen LogP contribution in [0.4, 0.5) is 26.1 Å². The topological polar surface area (TPSA) is 131 Å². The van der Waals surface area contributed by atoms with Gasteiger partial charge in [-0.25, -0.2) is 13.8 Å². The van der Waals surface area contributed by atoms with Gasteiger partial charge in [0.15, 0.2) is 17.5 Å². The van der Waals surface area contributed by atoms with E-state index in [0.29, 0.717) is 22.6 Å². The first-order valence-corrected chi connectivity index (χ1v) is 12.9. The zero-order valence-corrected chi connectivity index (χ0v) is 23.3. The third-order valence-electron chi connectivity index (χ3n) is 6.03. The Labute approximate surface area is 236 Å². The molecule has 2 N–H and O–H groups in total. The molecule has 0 amide bonds. The number of benzene rings is 1. The van der Waals surface area contributed by atoms with Crippen LogP contribution < -0.4 is 10.6 Å². The number of nitriles is 1. The number of ether oxygens (including phenoxy) is 1. The zero-order chi connectivity index (χ0) is 29.7. The SMILES string of the molecule is Cc1ncc(Nc2nc(N[C@H](c3cccc(F)c3)[C@H](C)CC(=O)OC(C)(C)C)c(F)cc2C#N)cc1-n1nccn1. The Morgan fingerprint density at radius 2 is 1.88 bits per heavy atom. The minimum absolute atomic E-state index is 0.0201. The van der Waals surface area contributed by atoms with Crippen LogP contribution >= 0.6 is 0 Å². The average molecular weight is 561 g/mol. The molecule has 0 radical (unpaired) electrons. The summed E-state index contributed by atoms with van der Waals surface area (Å²) in [6.07, 6.45) is 4.59. The zero-order valence-electron chi connectivity index (χ0n) is 23.3. The van der Waals surface area contributed by atoms with Gasteiger partial charge in [0.1, 0.15) is 23.2 Å². The number of anilines is 3. The molecule has 0 aliphatic heterocycles. The fourth-order valence-corrected chi connectivity index (χ4v) is 4.21. The van der Waals surface area contributed by atoms with E-state index in [0.717, 1.165) is 6.07 Å². The summed E-state index contributed by atoms with van der Waals surface area (Å²) in [7, 11) is 0. The van der Waals surface area contributed by atoms with Gasteiger partial charge in [-0.1, -0.05) is 19.1 Å². The Kier molecular flexibility index (Phi) is 8.56. The first-order chi connectivity index (χ1) is 19.4. The first-order valence-electron chi connectivity index (χ1n) is 12.9. The number of hydrogen-bond acceptors (Lipinski definition) is 9. The molecule has 4 rings (SSSR count). The molecule has 10 nitrogen and oxygen atoms in total. The molecule has 0 spiro atoms. The number of carbonyl (C=O) groups is 1. The molecule has 3 heterocycles. The van der Waals surface area contributed by atoms with Crippen LogP contribution in [0.3, 0.4) is 0 Å². The summed E-state index contributed by atoms with van der Waals surface area (Å²) in [5.41, 5.74) is 1.49. The number of halogens is 2. The molecule has 12 heteroatoms. The second kappa shape index (κ2) is 12.1. The summed E-state index contributed by atoms with van der Waals surface area (Å²) < 4.78 is 34.9. The Balaban J connectivity index is 1.67. The second-order valence-corrected chi connectivity index (χ2v) is 10.5. The van der Waals surface area contributed by atoms with E-state index in [2.05, 4.69) is 30.8 Å². The molecular weight excluding hydrogens is 530 g/mol. The molecule has 0 aliphatic rings. The summed E-state index contributed by atoms with van der Waals surface area (Å²) in [4.78, 5) is 22.7. The summed E-state index contributed by atoms with van der Waals surface area (Å²) in [5.74, 6) is -2.29. The predicted molar refractivity (Wildman–Crippen MR) is 148 cm³/mol. The third-order valence-corrected chi connectivity index (χ3v) is 6.03.